The van der Waals surface area contributed by atoms with E-state index in [1.165, 1.54) is 11.0 Å². The van der Waals surface area contributed by atoms with Gasteiger partial charge in [-0.15, -0.1) is 0 Å². The quantitative estimate of drug-likeness (QED) is 0.783. The Labute approximate surface area is 161 Å². The third-order valence-electron chi connectivity index (χ3n) is 5.18. The molecule has 5 nitrogen and oxygen atoms in total. The van der Waals surface area contributed by atoms with Crippen LogP contribution in [0.3, 0.4) is 0 Å². The summed E-state index contributed by atoms with van der Waals surface area (Å²) in [5, 5.41) is 0. The number of piperidine rings is 1. The van der Waals surface area contributed by atoms with E-state index < -0.39 is 10.0 Å². The Hall–Kier alpha value is -2.18. The second-order valence-electron chi connectivity index (χ2n) is 6.90. The van der Waals surface area contributed by atoms with Gasteiger partial charge in [0, 0.05) is 30.9 Å². The SMILES string of the molecule is CCC1CCCCN1S(=O)(=O)c1cccc(C(=O)N(C)c2ccccc2)c1. The Morgan fingerprint density at radius 2 is 1.85 bits per heavy atom. The number of sulfonamides is 1. The van der Waals surface area contributed by atoms with Gasteiger partial charge in [-0.1, -0.05) is 37.6 Å². The second kappa shape index (κ2) is 8.23. The summed E-state index contributed by atoms with van der Waals surface area (Å²) in [4.78, 5) is 14.6. The Balaban J connectivity index is 1.89. The number of para-hydroxylation sites is 1. The highest BCUT2D eigenvalue weighted by Gasteiger charge is 2.32. The smallest absolute Gasteiger partial charge is 0.258 e. The third-order valence-corrected chi connectivity index (χ3v) is 7.13. The Morgan fingerprint density at radius 3 is 2.56 bits per heavy atom. The maximum absolute atomic E-state index is 13.2. The van der Waals surface area contributed by atoms with E-state index in [1.807, 2.05) is 37.3 Å². The molecular formula is C21H26N2O3S. The van der Waals surface area contributed by atoms with Crippen LogP contribution in [0.1, 0.15) is 43.0 Å². The van der Waals surface area contributed by atoms with Crippen LogP contribution in [0.15, 0.2) is 59.5 Å². The zero-order valence-corrected chi connectivity index (χ0v) is 16.7. The number of hydrogen-bond donors (Lipinski definition) is 0. The summed E-state index contributed by atoms with van der Waals surface area (Å²) < 4.78 is 28.0. The fraction of sp³-hybridized carbons (Fsp3) is 0.381. The molecule has 0 N–H and O–H groups in total. The number of anilines is 1. The first-order valence-corrected chi connectivity index (χ1v) is 10.8. The summed E-state index contributed by atoms with van der Waals surface area (Å²) in [6.45, 7) is 2.57. The van der Waals surface area contributed by atoms with Gasteiger partial charge in [-0.3, -0.25) is 4.79 Å². The van der Waals surface area contributed by atoms with Crippen LogP contribution in [0.2, 0.25) is 0 Å². The minimum atomic E-state index is -3.61. The van der Waals surface area contributed by atoms with Crippen LogP contribution in [0.4, 0.5) is 5.69 Å². The minimum Gasteiger partial charge on any atom is -0.311 e. The standard InChI is InChI=1S/C21H26N2O3S/c1-3-18-11-7-8-15-23(18)27(25,26)20-14-9-10-17(16-20)21(24)22(2)19-12-5-4-6-13-19/h4-6,9-10,12-14,16,18H,3,7-8,11,15H2,1-2H3. The molecule has 6 heteroatoms. The Kier molecular flexibility index (Phi) is 5.97. The number of hydrogen-bond acceptors (Lipinski definition) is 3. The first kappa shape index (κ1) is 19.6. The van der Waals surface area contributed by atoms with Crippen molar-refractivity contribution in [2.24, 2.45) is 0 Å². The first-order valence-electron chi connectivity index (χ1n) is 9.40. The number of benzene rings is 2. The van der Waals surface area contributed by atoms with Crippen molar-refractivity contribution >= 4 is 21.6 Å². The van der Waals surface area contributed by atoms with Gasteiger partial charge in [0.1, 0.15) is 0 Å². The highest BCUT2D eigenvalue weighted by atomic mass is 32.2. The summed E-state index contributed by atoms with van der Waals surface area (Å²) >= 11 is 0. The van der Waals surface area contributed by atoms with Crippen molar-refractivity contribution in [2.45, 2.75) is 43.5 Å². The lowest BCUT2D eigenvalue weighted by Crippen LogP contribution is -2.43. The number of nitrogens with zero attached hydrogens (tertiary/aromatic N) is 2. The fourth-order valence-electron chi connectivity index (χ4n) is 3.59. The topological polar surface area (TPSA) is 57.7 Å². The van der Waals surface area contributed by atoms with Crippen LogP contribution in [0, 0.1) is 0 Å². The number of carbonyl (C=O) groups excluding carboxylic acids is 1. The molecule has 0 saturated carbocycles. The van der Waals surface area contributed by atoms with Crippen LogP contribution >= 0.6 is 0 Å². The van der Waals surface area contributed by atoms with Crippen LogP contribution < -0.4 is 4.90 Å². The molecule has 0 spiro atoms. The molecule has 1 unspecified atom stereocenters. The van der Waals surface area contributed by atoms with Gasteiger partial charge in [0.25, 0.3) is 5.91 Å². The van der Waals surface area contributed by atoms with Gasteiger partial charge in [0.15, 0.2) is 0 Å². The molecule has 27 heavy (non-hydrogen) atoms. The Morgan fingerprint density at radius 1 is 1.11 bits per heavy atom. The van der Waals surface area contributed by atoms with Crippen molar-refractivity contribution in [1.29, 1.82) is 0 Å². The summed E-state index contributed by atoms with van der Waals surface area (Å²) in [7, 11) is -1.92. The first-order chi connectivity index (χ1) is 12.9. The zero-order chi connectivity index (χ0) is 19.4. The lowest BCUT2D eigenvalue weighted by molar-refractivity contribution is 0.0993. The van der Waals surface area contributed by atoms with Gasteiger partial charge in [0.05, 0.1) is 4.90 Å². The summed E-state index contributed by atoms with van der Waals surface area (Å²) in [6, 6.07) is 15.7. The molecule has 1 saturated heterocycles. The van der Waals surface area contributed by atoms with Crippen molar-refractivity contribution in [2.75, 3.05) is 18.5 Å². The molecule has 1 atom stereocenters. The largest absolute Gasteiger partial charge is 0.311 e. The lowest BCUT2D eigenvalue weighted by Gasteiger charge is -2.34. The van der Waals surface area contributed by atoms with Gasteiger partial charge >= 0.3 is 0 Å². The van der Waals surface area contributed by atoms with E-state index in [0.717, 1.165) is 31.4 Å². The van der Waals surface area contributed by atoms with Crippen LogP contribution in [-0.4, -0.2) is 38.3 Å². The molecule has 0 aromatic heterocycles. The van der Waals surface area contributed by atoms with Crippen LogP contribution in [-0.2, 0) is 10.0 Å². The molecule has 1 amide bonds. The molecule has 0 aliphatic carbocycles. The molecule has 0 bridgehead atoms. The highest BCUT2D eigenvalue weighted by Crippen LogP contribution is 2.27. The molecule has 144 valence electrons. The fourth-order valence-corrected chi connectivity index (χ4v) is 5.40. The van der Waals surface area contributed by atoms with Gasteiger partial charge in [-0.25, -0.2) is 8.42 Å². The minimum absolute atomic E-state index is 0.0371. The van der Waals surface area contributed by atoms with Crippen molar-refractivity contribution in [3.8, 4) is 0 Å². The molecule has 2 aromatic rings. The predicted molar refractivity (Wildman–Crippen MR) is 107 cm³/mol. The van der Waals surface area contributed by atoms with Gasteiger partial charge in [-0.2, -0.15) is 4.31 Å². The molecule has 2 aromatic carbocycles. The summed E-state index contributed by atoms with van der Waals surface area (Å²) in [5.74, 6) is -0.232. The molecule has 1 aliphatic rings. The molecule has 1 aliphatic heterocycles. The maximum atomic E-state index is 13.2. The van der Waals surface area contributed by atoms with E-state index in [4.69, 9.17) is 0 Å². The van der Waals surface area contributed by atoms with Crippen LogP contribution in [0.25, 0.3) is 0 Å². The zero-order valence-electron chi connectivity index (χ0n) is 15.8. The van der Waals surface area contributed by atoms with Crippen LogP contribution in [0.5, 0.6) is 0 Å². The third kappa shape index (κ3) is 4.06. The average Bonchev–Trinajstić information content (AvgIpc) is 2.73. The molecule has 0 radical (unpaired) electrons. The lowest BCUT2D eigenvalue weighted by atomic mass is 10.0. The maximum Gasteiger partial charge on any atom is 0.258 e. The average molecular weight is 387 g/mol. The predicted octanol–water partition coefficient (Wildman–Crippen LogP) is 3.92. The van der Waals surface area contributed by atoms with Gasteiger partial charge in [0.2, 0.25) is 10.0 Å². The van der Waals surface area contributed by atoms with Gasteiger partial charge in [-0.05, 0) is 49.6 Å². The van der Waals surface area contributed by atoms with E-state index in [2.05, 4.69) is 0 Å². The molecule has 1 heterocycles. The van der Waals surface area contributed by atoms with E-state index in [9.17, 15) is 13.2 Å². The van der Waals surface area contributed by atoms with Crippen molar-refractivity contribution in [1.82, 2.24) is 4.31 Å². The molecule has 3 rings (SSSR count). The van der Waals surface area contributed by atoms with Gasteiger partial charge < -0.3 is 4.90 Å². The van der Waals surface area contributed by atoms with E-state index >= 15 is 0 Å². The number of carbonyl (C=O) groups is 1. The van der Waals surface area contributed by atoms with E-state index in [0.29, 0.717) is 12.1 Å². The monoisotopic (exact) mass is 386 g/mol. The van der Waals surface area contributed by atoms with E-state index in [1.54, 1.807) is 29.6 Å². The summed E-state index contributed by atoms with van der Waals surface area (Å²) in [5.41, 5.74) is 1.13. The second-order valence-corrected chi connectivity index (χ2v) is 8.79. The van der Waals surface area contributed by atoms with E-state index in [-0.39, 0.29) is 16.8 Å². The molecule has 1 fully saturated rings. The number of amides is 1. The highest BCUT2D eigenvalue weighted by molar-refractivity contribution is 7.89. The van der Waals surface area contributed by atoms with Crippen molar-refractivity contribution in [3.63, 3.8) is 0 Å². The van der Waals surface area contributed by atoms with Crippen molar-refractivity contribution < 1.29 is 13.2 Å². The van der Waals surface area contributed by atoms with Crippen molar-refractivity contribution in [3.05, 3.63) is 60.2 Å². The molecular weight excluding hydrogens is 360 g/mol. The Bertz CT molecular complexity index is 897. The number of rotatable bonds is 5. The normalized spacial score (nSPS) is 18.2. The summed E-state index contributed by atoms with van der Waals surface area (Å²) in [6.07, 6.45) is 3.63.